The van der Waals surface area contributed by atoms with Gasteiger partial charge in [-0.2, -0.15) is 5.26 Å². The molecule has 0 aromatic carbocycles. The Labute approximate surface area is 172 Å². The van der Waals surface area contributed by atoms with Gasteiger partial charge in [0, 0.05) is 11.1 Å². The number of nitrogens with one attached hydrogen (secondary N) is 2. The third-order valence-electron chi connectivity index (χ3n) is 3.46. The number of fused-ring (bicyclic) bond motifs is 1. The number of halogens is 2. The van der Waals surface area contributed by atoms with Gasteiger partial charge in [0.2, 0.25) is 0 Å². The van der Waals surface area contributed by atoms with Gasteiger partial charge in [0.15, 0.2) is 5.65 Å². The average Bonchev–Trinajstić information content (AvgIpc) is 3.37. The molecule has 0 radical (unpaired) electrons. The summed E-state index contributed by atoms with van der Waals surface area (Å²) in [5.41, 5.74) is 0.365. The van der Waals surface area contributed by atoms with E-state index >= 15 is 0 Å². The van der Waals surface area contributed by atoms with Crippen molar-refractivity contribution in [2.45, 2.75) is 45.4 Å². The second-order valence-electron chi connectivity index (χ2n) is 4.89. The molecule has 0 spiro atoms. The number of aromatic nitrogens is 2. The first-order chi connectivity index (χ1) is 12.5. The number of rotatable bonds is 3. The molecular formula is C17H21Cl2N5S2. The Balaban J connectivity index is 0.000000791. The molecule has 2 aromatic rings. The molecule has 2 heterocycles. The van der Waals surface area contributed by atoms with Gasteiger partial charge in [0.1, 0.15) is 10.5 Å². The summed E-state index contributed by atoms with van der Waals surface area (Å²) in [5.74, 6) is 0. The summed E-state index contributed by atoms with van der Waals surface area (Å²) in [6, 6.07) is 3.87. The number of imidazole rings is 1. The summed E-state index contributed by atoms with van der Waals surface area (Å²) in [6.45, 7) is 8.00. The number of hydrogen-bond acceptors (Lipinski definition) is 6. The normalized spacial score (nSPS) is 13.6. The van der Waals surface area contributed by atoms with Gasteiger partial charge >= 0.3 is 0 Å². The van der Waals surface area contributed by atoms with Gasteiger partial charge in [-0.3, -0.25) is 15.2 Å². The monoisotopic (exact) mass is 429 g/mol. The van der Waals surface area contributed by atoms with E-state index in [-0.39, 0.29) is 10.1 Å². The van der Waals surface area contributed by atoms with Crippen LogP contribution in [0.2, 0.25) is 5.02 Å². The average molecular weight is 430 g/mol. The molecule has 0 amide bonds. The highest BCUT2D eigenvalue weighted by Crippen LogP contribution is 2.49. The Kier molecular flexibility index (Phi) is 8.97. The fourth-order valence-electron chi connectivity index (χ4n) is 2.00. The Morgan fingerprint density at radius 2 is 1.92 bits per heavy atom. The van der Waals surface area contributed by atoms with E-state index < -0.39 is 5.41 Å². The highest BCUT2D eigenvalue weighted by Gasteiger charge is 2.48. The molecule has 3 rings (SSSR count). The van der Waals surface area contributed by atoms with Crippen molar-refractivity contribution in [2.75, 3.05) is 0 Å². The predicted octanol–water partition coefficient (Wildman–Crippen LogP) is 6.63. The van der Waals surface area contributed by atoms with E-state index in [9.17, 15) is 0 Å². The van der Waals surface area contributed by atoms with E-state index in [0.29, 0.717) is 29.2 Å². The van der Waals surface area contributed by atoms with Gasteiger partial charge in [-0.1, -0.05) is 51.1 Å². The van der Waals surface area contributed by atoms with E-state index in [1.807, 2.05) is 27.7 Å². The smallest absolute Gasteiger partial charge is 0.156 e. The summed E-state index contributed by atoms with van der Waals surface area (Å²) in [7, 11) is 6.79. The van der Waals surface area contributed by atoms with Crippen molar-refractivity contribution in [3.8, 4) is 6.07 Å². The first-order valence-electron chi connectivity index (χ1n) is 8.23. The Bertz CT molecular complexity index is 838. The molecule has 0 atom stereocenters. The van der Waals surface area contributed by atoms with E-state index in [1.54, 1.807) is 22.9 Å². The van der Waals surface area contributed by atoms with Crippen molar-refractivity contribution in [3.05, 3.63) is 29.2 Å². The molecule has 1 fully saturated rings. The third kappa shape index (κ3) is 4.74. The maximum atomic E-state index is 9.12. The van der Waals surface area contributed by atoms with Crippen LogP contribution in [0.5, 0.6) is 0 Å². The Morgan fingerprint density at radius 3 is 2.42 bits per heavy atom. The molecule has 0 unspecified atom stereocenters. The van der Waals surface area contributed by atoms with Crippen LogP contribution in [-0.2, 0) is 0 Å². The highest BCUT2D eigenvalue weighted by molar-refractivity contribution is 8.26. The maximum absolute atomic E-state index is 9.12. The number of nitriles is 1. The minimum absolute atomic E-state index is 0.159. The molecule has 1 aliphatic carbocycles. The lowest BCUT2D eigenvalue weighted by Gasteiger charge is -2.09. The molecule has 0 bridgehead atoms. The van der Waals surface area contributed by atoms with Crippen LogP contribution in [0.1, 0.15) is 46.2 Å². The summed E-state index contributed by atoms with van der Waals surface area (Å²) in [5, 5.41) is 26.2. The molecule has 0 aliphatic heterocycles. The van der Waals surface area contributed by atoms with Crippen molar-refractivity contribution >= 4 is 60.8 Å². The topological polar surface area (TPSA) is 88.8 Å². The van der Waals surface area contributed by atoms with Crippen molar-refractivity contribution < 1.29 is 0 Å². The van der Waals surface area contributed by atoms with Crippen molar-refractivity contribution in [1.29, 1.82) is 16.1 Å². The lowest BCUT2D eigenvalue weighted by atomic mass is 10.2. The van der Waals surface area contributed by atoms with E-state index in [2.05, 4.69) is 11.1 Å². The van der Waals surface area contributed by atoms with Gasteiger partial charge in [-0.25, -0.2) is 4.98 Å². The van der Waals surface area contributed by atoms with Gasteiger partial charge < -0.3 is 0 Å². The maximum Gasteiger partial charge on any atom is 0.156 e. The van der Waals surface area contributed by atoms with Gasteiger partial charge in [-0.15, -0.1) is 0 Å². The zero-order valence-electron chi connectivity index (χ0n) is 15.1. The molecule has 2 N–H and O–H groups in total. The molecule has 26 heavy (non-hydrogen) atoms. The lowest BCUT2D eigenvalue weighted by molar-refractivity contribution is 0.948. The van der Waals surface area contributed by atoms with E-state index in [4.69, 9.17) is 38.4 Å². The number of hydrogen-bond donors (Lipinski definition) is 2. The molecular weight excluding hydrogens is 409 g/mol. The Hall–Kier alpha value is -1.20. The van der Waals surface area contributed by atoms with Crippen LogP contribution in [0, 0.1) is 27.6 Å². The molecule has 1 saturated carbocycles. The quantitative estimate of drug-likeness (QED) is 0.423. The molecule has 140 valence electrons. The van der Waals surface area contributed by atoms with Crippen molar-refractivity contribution in [1.82, 2.24) is 9.38 Å². The van der Waals surface area contributed by atoms with Gasteiger partial charge in [0.25, 0.3) is 0 Å². The second kappa shape index (κ2) is 10.2. The van der Waals surface area contributed by atoms with Gasteiger partial charge in [-0.05, 0) is 40.6 Å². The van der Waals surface area contributed by atoms with Crippen LogP contribution < -0.4 is 0 Å². The first-order valence-corrected chi connectivity index (χ1v) is 11.1. The van der Waals surface area contributed by atoms with Crippen LogP contribution >= 0.6 is 45.0 Å². The predicted molar refractivity (Wildman–Crippen MR) is 114 cm³/mol. The SMILES string of the molecule is CC.CC.N#CC1(C(=N)SC(=N)c2cnc3c(Cl)cc(SCl)cn23)CC1. The van der Waals surface area contributed by atoms with E-state index in [0.717, 1.165) is 27.6 Å². The standard InChI is InChI=1S/C13H9Cl2N5S2.2C2H6/c14-8-3-7(22-15)5-20-9(4-19-11(8)20)10(17)21-12(18)13(6-16)1-2-13;2*1-2/h3-5,17-18H,1-2H2;2*1-2H3. The Morgan fingerprint density at radius 1 is 1.31 bits per heavy atom. The summed E-state index contributed by atoms with van der Waals surface area (Å²) in [6.07, 6.45) is 4.67. The van der Waals surface area contributed by atoms with Crippen LogP contribution in [0.3, 0.4) is 0 Å². The van der Waals surface area contributed by atoms with Crippen LogP contribution in [-0.4, -0.2) is 19.5 Å². The fourth-order valence-corrected chi connectivity index (χ4v) is 3.79. The van der Waals surface area contributed by atoms with Crippen molar-refractivity contribution in [3.63, 3.8) is 0 Å². The van der Waals surface area contributed by atoms with Gasteiger partial charge in [0.05, 0.1) is 28.0 Å². The van der Waals surface area contributed by atoms with Crippen LogP contribution in [0.25, 0.3) is 5.65 Å². The number of nitrogens with zero attached hydrogens (tertiary/aromatic N) is 3. The first kappa shape index (κ1) is 22.8. The molecule has 9 heteroatoms. The minimum Gasteiger partial charge on any atom is -0.296 e. The van der Waals surface area contributed by atoms with Crippen LogP contribution in [0.4, 0.5) is 0 Å². The fraction of sp³-hybridized carbons (Fsp3) is 0.412. The number of pyridine rings is 1. The summed E-state index contributed by atoms with van der Waals surface area (Å²) >= 11 is 7.14. The molecule has 1 aliphatic rings. The zero-order valence-corrected chi connectivity index (χ0v) is 18.2. The number of thioether (sulfide) groups is 1. The summed E-state index contributed by atoms with van der Waals surface area (Å²) in [4.78, 5) is 4.95. The third-order valence-corrected chi connectivity index (χ3v) is 5.68. The zero-order chi connectivity index (χ0) is 19.9. The van der Waals surface area contributed by atoms with E-state index in [1.165, 1.54) is 0 Å². The second-order valence-corrected chi connectivity index (χ2v) is 7.41. The van der Waals surface area contributed by atoms with Crippen LogP contribution in [0.15, 0.2) is 23.4 Å². The molecule has 0 saturated heterocycles. The molecule has 2 aromatic heterocycles. The highest BCUT2D eigenvalue weighted by atomic mass is 35.7. The summed E-state index contributed by atoms with van der Waals surface area (Å²) < 4.78 is 1.68. The largest absolute Gasteiger partial charge is 0.296 e. The lowest BCUT2D eigenvalue weighted by Crippen LogP contribution is -2.12. The minimum atomic E-state index is -0.688. The molecule has 5 nitrogen and oxygen atoms in total. The van der Waals surface area contributed by atoms with Crippen molar-refractivity contribution in [2.24, 2.45) is 5.41 Å².